The molecule has 0 atom stereocenters. The Balaban J connectivity index is 1.43. The highest BCUT2D eigenvalue weighted by molar-refractivity contribution is 7.99. The van der Waals surface area contributed by atoms with E-state index in [2.05, 4.69) is 58.3 Å². The van der Waals surface area contributed by atoms with Crippen molar-refractivity contribution in [2.75, 3.05) is 12.9 Å². The normalized spacial score (nSPS) is 11.1. The SMILES string of the molecule is CCc1c(SCCc2ccccc2)ccnc1CSc1nc2ccc(OC)cc2[nH]1. The molecule has 4 aromatic rings. The van der Waals surface area contributed by atoms with Crippen LogP contribution >= 0.6 is 23.5 Å². The molecule has 0 saturated heterocycles. The second-order valence-corrected chi connectivity index (χ2v) is 8.99. The predicted octanol–water partition coefficient (Wildman–Crippen LogP) is 6.16. The number of thioether (sulfide) groups is 2. The third-order valence-electron chi connectivity index (χ3n) is 4.96. The predicted molar refractivity (Wildman–Crippen MR) is 127 cm³/mol. The summed E-state index contributed by atoms with van der Waals surface area (Å²) in [6, 6.07) is 18.7. The Hall–Kier alpha value is -2.44. The van der Waals surface area contributed by atoms with Crippen molar-refractivity contribution < 1.29 is 4.74 Å². The van der Waals surface area contributed by atoms with Gasteiger partial charge in [-0.05, 0) is 42.2 Å². The maximum Gasteiger partial charge on any atom is 0.166 e. The summed E-state index contributed by atoms with van der Waals surface area (Å²) < 4.78 is 5.30. The van der Waals surface area contributed by atoms with Crippen LogP contribution in [-0.2, 0) is 18.6 Å². The summed E-state index contributed by atoms with van der Waals surface area (Å²) in [4.78, 5) is 14.1. The van der Waals surface area contributed by atoms with Crippen LogP contribution in [0.25, 0.3) is 11.0 Å². The number of rotatable bonds is 9. The molecule has 30 heavy (non-hydrogen) atoms. The largest absolute Gasteiger partial charge is 0.497 e. The van der Waals surface area contributed by atoms with Crippen LogP contribution in [0.3, 0.4) is 0 Å². The number of ether oxygens (including phenoxy) is 1. The van der Waals surface area contributed by atoms with E-state index in [9.17, 15) is 0 Å². The van der Waals surface area contributed by atoms with Crippen LogP contribution in [0.2, 0.25) is 0 Å². The highest BCUT2D eigenvalue weighted by atomic mass is 32.2. The lowest BCUT2D eigenvalue weighted by atomic mass is 10.1. The van der Waals surface area contributed by atoms with E-state index in [0.29, 0.717) is 0 Å². The lowest BCUT2D eigenvalue weighted by Crippen LogP contribution is -1.99. The zero-order valence-electron chi connectivity index (χ0n) is 17.2. The summed E-state index contributed by atoms with van der Waals surface area (Å²) in [5.74, 6) is 2.70. The first kappa shape index (κ1) is 20.8. The van der Waals surface area contributed by atoms with E-state index in [1.165, 1.54) is 16.0 Å². The number of aryl methyl sites for hydroxylation is 1. The van der Waals surface area contributed by atoms with Crippen molar-refractivity contribution in [3.05, 3.63) is 77.6 Å². The van der Waals surface area contributed by atoms with E-state index in [0.717, 1.165) is 52.0 Å². The van der Waals surface area contributed by atoms with Gasteiger partial charge in [0.2, 0.25) is 0 Å². The molecule has 4 nitrogen and oxygen atoms in total. The van der Waals surface area contributed by atoms with Crippen LogP contribution in [0.4, 0.5) is 0 Å². The fraction of sp³-hybridized carbons (Fsp3) is 0.250. The zero-order valence-corrected chi connectivity index (χ0v) is 18.9. The van der Waals surface area contributed by atoms with Crippen LogP contribution in [0.1, 0.15) is 23.7 Å². The maximum absolute atomic E-state index is 5.30. The minimum Gasteiger partial charge on any atom is -0.497 e. The van der Waals surface area contributed by atoms with Gasteiger partial charge in [-0.2, -0.15) is 0 Å². The Labute approximate surface area is 185 Å². The minimum absolute atomic E-state index is 0.799. The molecule has 0 aliphatic carbocycles. The van der Waals surface area contributed by atoms with Crippen LogP contribution < -0.4 is 4.74 Å². The highest BCUT2D eigenvalue weighted by Crippen LogP contribution is 2.30. The summed E-state index contributed by atoms with van der Waals surface area (Å²) in [7, 11) is 1.68. The van der Waals surface area contributed by atoms with Crippen molar-refractivity contribution in [3.63, 3.8) is 0 Å². The molecule has 154 valence electrons. The van der Waals surface area contributed by atoms with Crippen LogP contribution in [-0.4, -0.2) is 27.8 Å². The molecule has 0 aliphatic rings. The number of benzene rings is 2. The van der Waals surface area contributed by atoms with E-state index < -0.39 is 0 Å². The molecule has 0 spiro atoms. The van der Waals surface area contributed by atoms with Gasteiger partial charge in [-0.3, -0.25) is 4.98 Å². The maximum atomic E-state index is 5.30. The van der Waals surface area contributed by atoms with E-state index in [4.69, 9.17) is 4.74 Å². The Morgan fingerprint density at radius 3 is 2.70 bits per heavy atom. The van der Waals surface area contributed by atoms with Gasteiger partial charge in [-0.15, -0.1) is 11.8 Å². The molecule has 1 N–H and O–H groups in total. The number of nitrogens with zero attached hydrogens (tertiary/aromatic N) is 2. The fourth-order valence-corrected chi connectivity index (χ4v) is 5.39. The Morgan fingerprint density at radius 1 is 1.03 bits per heavy atom. The van der Waals surface area contributed by atoms with Crippen molar-refractivity contribution in [2.24, 2.45) is 0 Å². The van der Waals surface area contributed by atoms with Gasteiger partial charge in [0.1, 0.15) is 5.75 Å². The summed E-state index contributed by atoms with van der Waals surface area (Å²) in [5, 5.41) is 0.907. The van der Waals surface area contributed by atoms with Gasteiger partial charge >= 0.3 is 0 Å². The van der Waals surface area contributed by atoms with Crippen molar-refractivity contribution in [3.8, 4) is 5.75 Å². The minimum atomic E-state index is 0.799. The molecule has 6 heteroatoms. The summed E-state index contributed by atoms with van der Waals surface area (Å²) in [5.41, 5.74) is 5.82. The van der Waals surface area contributed by atoms with Crippen molar-refractivity contribution in [2.45, 2.75) is 35.6 Å². The molecule has 0 saturated carbocycles. The van der Waals surface area contributed by atoms with Crippen LogP contribution in [0.5, 0.6) is 5.75 Å². The molecular formula is C24H25N3OS2. The molecule has 0 bridgehead atoms. The first-order chi connectivity index (χ1) is 14.8. The van der Waals surface area contributed by atoms with Crippen molar-refractivity contribution in [1.29, 1.82) is 0 Å². The number of aromatic nitrogens is 3. The summed E-state index contributed by atoms with van der Waals surface area (Å²) in [6.07, 6.45) is 3.99. The molecule has 2 aromatic heterocycles. The third-order valence-corrected chi connectivity index (χ3v) is 6.95. The standard InChI is InChI=1S/C24H25N3OS2/c1-3-19-22(16-30-24-26-20-10-9-18(28-2)15-21(20)27-24)25-13-11-23(19)29-14-12-17-7-5-4-6-8-17/h4-11,13,15H,3,12,14,16H2,1-2H3,(H,26,27). The Bertz CT molecular complexity index is 1110. The quantitative estimate of drug-likeness (QED) is 0.319. The molecule has 0 aliphatic heterocycles. The number of H-pyrrole nitrogens is 1. The van der Waals surface area contributed by atoms with Crippen molar-refractivity contribution in [1.82, 2.24) is 15.0 Å². The molecule has 2 aromatic carbocycles. The Kier molecular flexibility index (Phi) is 6.97. The van der Waals surface area contributed by atoms with E-state index in [1.54, 1.807) is 18.9 Å². The molecule has 0 fully saturated rings. The van der Waals surface area contributed by atoms with Crippen molar-refractivity contribution >= 4 is 34.6 Å². The number of imidazole rings is 1. The van der Waals surface area contributed by atoms with Gasteiger partial charge in [0.05, 0.1) is 23.8 Å². The first-order valence-electron chi connectivity index (χ1n) is 10.1. The van der Waals surface area contributed by atoms with Gasteiger partial charge in [-0.1, -0.05) is 49.0 Å². The van der Waals surface area contributed by atoms with Gasteiger partial charge < -0.3 is 9.72 Å². The molecule has 2 heterocycles. The number of hydrogen-bond donors (Lipinski definition) is 1. The van der Waals surface area contributed by atoms with Gasteiger partial charge in [0.15, 0.2) is 5.16 Å². The number of aromatic amines is 1. The lowest BCUT2D eigenvalue weighted by Gasteiger charge is -2.12. The fourth-order valence-electron chi connectivity index (χ4n) is 3.37. The number of nitrogens with one attached hydrogen (secondary N) is 1. The second-order valence-electron chi connectivity index (χ2n) is 6.89. The molecule has 0 radical (unpaired) electrons. The molecule has 0 unspecified atom stereocenters. The topological polar surface area (TPSA) is 50.8 Å². The number of fused-ring (bicyclic) bond motifs is 1. The molecule has 0 amide bonds. The monoisotopic (exact) mass is 435 g/mol. The number of methoxy groups -OCH3 is 1. The Morgan fingerprint density at radius 2 is 1.90 bits per heavy atom. The lowest BCUT2D eigenvalue weighted by molar-refractivity contribution is 0.415. The molecule has 4 rings (SSSR count). The van der Waals surface area contributed by atoms with Crippen LogP contribution in [0.15, 0.2) is 70.8 Å². The average Bonchev–Trinajstić information content (AvgIpc) is 3.20. The summed E-state index contributed by atoms with van der Waals surface area (Å²) >= 11 is 3.62. The van der Waals surface area contributed by atoms with E-state index in [-0.39, 0.29) is 0 Å². The average molecular weight is 436 g/mol. The second kappa shape index (κ2) is 10.0. The van der Waals surface area contributed by atoms with Gasteiger partial charge in [0, 0.05) is 28.7 Å². The number of pyridine rings is 1. The number of hydrogen-bond acceptors (Lipinski definition) is 5. The van der Waals surface area contributed by atoms with E-state index >= 15 is 0 Å². The van der Waals surface area contributed by atoms with Gasteiger partial charge in [0.25, 0.3) is 0 Å². The van der Waals surface area contributed by atoms with Crippen LogP contribution in [0, 0.1) is 0 Å². The third kappa shape index (κ3) is 4.99. The van der Waals surface area contributed by atoms with Gasteiger partial charge in [-0.25, -0.2) is 4.98 Å². The van der Waals surface area contributed by atoms with E-state index in [1.807, 2.05) is 36.2 Å². The first-order valence-corrected chi connectivity index (χ1v) is 12.0. The zero-order chi connectivity index (χ0) is 20.8. The summed E-state index contributed by atoms with van der Waals surface area (Å²) in [6.45, 7) is 2.21. The smallest absolute Gasteiger partial charge is 0.166 e. The molecular weight excluding hydrogens is 410 g/mol. The highest BCUT2D eigenvalue weighted by Gasteiger charge is 2.11.